The summed E-state index contributed by atoms with van der Waals surface area (Å²) in [6.45, 7) is 5.01. The van der Waals surface area contributed by atoms with Crippen LogP contribution in [0, 0.1) is 0 Å². The summed E-state index contributed by atoms with van der Waals surface area (Å²) in [4.78, 5) is 0. The van der Waals surface area contributed by atoms with Gasteiger partial charge in [0.2, 0.25) is 0 Å². The molecule has 0 aromatic carbocycles. The zero-order valence-electron chi connectivity index (χ0n) is 9.90. The van der Waals surface area contributed by atoms with Gasteiger partial charge in [0.05, 0.1) is 6.04 Å². The second-order valence-corrected chi connectivity index (χ2v) is 3.87. The van der Waals surface area contributed by atoms with E-state index in [4.69, 9.17) is 4.74 Å². The van der Waals surface area contributed by atoms with Crippen LogP contribution in [0.15, 0.2) is 6.33 Å². The molecule has 0 saturated carbocycles. The zero-order valence-corrected chi connectivity index (χ0v) is 9.90. The maximum Gasteiger partial charge on any atom is 0.149 e. The number of nitrogens with zero attached hydrogens (tertiary/aromatic N) is 3. The normalized spacial score (nSPS) is 15.2. The molecule has 5 nitrogen and oxygen atoms in total. The molecule has 1 aromatic heterocycles. The highest BCUT2D eigenvalue weighted by Crippen LogP contribution is 2.09. The number of rotatable bonds is 6. The fourth-order valence-electron chi connectivity index (χ4n) is 1.56. The van der Waals surface area contributed by atoms with Gasteiger partial charge in [0.15, 0.2) is 0 Å². The predicted molar refractivity (Wildman–Crippen MR) is 58.5 cm³/mol. The third-order valence-corrected chi connectivity index (χ3v) is 2.42. The topological polar surface area (TPSA) is 52.0 Å². The van der Waals surface area contributed by atoms with E-state index in [1.807, 2.05) is 11.6 Å². The molecule has 1 heterocycles. The van der Waals surface area contributed by atoms with Crippen LogP contribution in [0.2, 0.25) is 0 Å². The summed E-state index contributed by atoms with van der Waals surface area (Å²) in [5.41, 5.74) is 0. The number of aryl methyl sites for hydroxylation is 1. The first kappa shape index (κ1) is 12.1. The number of methoxy groups -OCH3 is 1. The van der Waals surface area contributed by atoms with Crippen LogP contribution in [-0.4, -0.2) is 34.5 Å². The van der Waals surface area contributed by atoms with E-state index < -0.39 is 0 Å². The highest BCUT2D eigenvalue weighted by molar-refractivity contribution is 4.92. The summed E-state index contributed by atoms with van der Waals surface area (Å²) in [5, 5.41) is 11.4. The third kappa shape index (κ3) is 3.60. The molecule has 2 atom stereocenters. The number of aromatic nitrogens is 3. The van der Waals surface area contributed by atoms with E-state index in [0.29, 0.717) is 6.04 Å². The first-order valence-electron chi connectivity index (χ1n) is 5.24. The smallest absolute Gasteiger partial charge is 0.149 e. The Morgan fingerprint density at radius 2 is 2.27 bits per heavy atom. The largest absolute Gasteiger partial charge is 0.385 e. The molecule has 0 amide bonds. The van der Waals surface area contributed by atoms with E-state index in [-0.39, 0.29) is 6.04 Å². The standard InChI is InChI=1S/C10H20N4O/c1-8(5-6-15-4)12-9(2)10-13-11-7-14(10)3/h7-9,12H,5-6H2,1-4H3. The SMILES string of the molecule is COCCC(C)NC(C)c1nncn1C. The molecule has 1 rings (SSSR count). The van der Waals surface area contributed by atoms with Gasteiger partial charge in [-0.15, -0.1) is 10.2 Å². The lowest BCUT2D eigenvalue weighted by molar-refractivity contribution is 0.182. The number of ether oxygens (including phenoxy) is 1. The maximum atomic E-state index is 5.04. The molecule has 15 heavy (non-hydrogen) atoms. The molecule has 0 aliphatic rings. The van der Waals surface area contributed by atoms with Crippen molar-refractivity contribution in [2.75, 3.05) is 13.7 Å². The van der Waals surface area contributed by atoms with Gasteiger partial charge in [-0.05, 0) is 20.3 Å². The monoisotopic (exact) mass is 212 g/mol. The van der Waals surface area contributed by atoms with Crippen LogP contribution in [-0.2, 0) is 11.8 Å². The summed E-state index contributed by atoms with van der Waals surface area (Å²) in [6, 6.07) is 0.626. The van der Waals surface area contributed by atoms with Crippen molar-refractivity contribution in [3.05, 3.63) is 12.2 Å². The van der Waals surface area contributed by atoms with Crippen LogP contribution in [0.4, 0.5) is 0 Å². The van der Waals surface area contributed by atoms with Gasteiger partial charge in [0.25, 0.3) is 0 Å². The summed E-state index contributed by atoms with van der Waals surface area (Å²) in [7, 11) is 3.67. The number of hydrogen-bond acceptors (Lipinski definition) is 4. The van der Waals surface area contributed by atoms with Crippen molar-refractivity contribution in [2.24, 2.45) is 7.05 Å². The lowest BCUT2D eigenvalue weighted by Crippen LogP contribution is -2.31. The molecule has 0 radical (unpaired) electrons. The highest BCUT2D eigenvalue weighted by atomic mass is 16.5. The maximum absolute atomic E-state index is 5.04. The van der Waals surface area contributed by atoms with Gasteiger partial charge in [0.1, 0.15) is 12.2 Å². The first-order valence-corrected chi connectivity index (χ1v) is 5.24. The molecule has 1 N–H and O–H groups in total. The van der Waals surface area contributed by atoms with Gasteiger partial charge in [-0.1, -0.05) is 0 Å². The Morgan fingerprint density at radius 1 is 1.53 bits per heavy atom. The third-order valence-electron chi connectivity index (χ3n) is 2.42. The fourth-order valence-corrected chi connectivity index (χ4v) is 1.56. The minimum absolute atomic E-state index is 0.212. The Balaban J connectivity index is 2.42. The Hall–Kier alpha value is -0.940. The zero-order chi connectivity index (χ0) is 11.3. The second kappa shape index (κ2) is 5.82. The summed E-state index contributed by atoms with van der Waals surface area (Å²) >= 11 is 0. The van der Waals surface area contributed by atoms with Gasteiger partial charge < -0.3 is 14.6 Å². The first-order chi connectivity index (χ1) is 7.15. The van der Waals surface area contributed by atoms with Crippen molar-refractivity contribution in [2.45, 2.75) is 32.4 Å². The van der Waals surface area contributed by atoms with E-state index in [9.17, 15) is 0 Å². The van der Waals surface area contributed by atoms with E-state index >= 15 is 0 Å². The lowest BCUT2D eigenvalue weighted by Gasteiger charge is -2.18. The summed E-state index contributed by atoms with van der Waals surface area (Å²) in [6.07, 6.45) is 2.71. The van der Waals surface area contributed by atoms with Crippen molar-refractivity contribution in [3.63, 3.8) is 0 Å². The van der Waals surface area contributed by atoms with Gasteiger partial charge in [-0.25, -0.2) is 0 Å². The molecule has 5 heteroatoms. The van der Waals surface area contributed by atoms with Gasteiger partial charge in [0, 0.05) is 26.8 Å². The van der Waals surface area contributed by atoms with E-state index in [1.165, 1.54) is 0 Å². The molecule has 2 unspecified atom stereocenters. The van der Waals surface area contributed by atoms with Gasteiger partial charge >= 0.3 is 0 Å². The molecule has 1 aromatic rings. The van der Waals surface area contributed by atoms with Crippen molar-refractivity contribution < 1.29 is 4.74 Å². The van der Waals surface area contributed by atoms with E-state index in [1.54, 1.807) is 13.4 Å². The van der Waals surface area contributed by atoms with Crippen LogP contribution >= 0.6 is 0 Å². The minimum Gasteiger partial charge on any atom is -0.385 e. The predicted octanol–water partition coefficient (Wildman–Crippen LogP) is 0.891. The quantitative estimate of drug-likeness (QED) is 0.761. The van der Waals surface area contributed by atoms with Crippen LogP contribution in [0.25, 0.3) is 0 Å². The molecule has 0 aliphatic carbocycles. The van der Waals surface area contributed by atoms with E-state index in [0.717, 1.165) is 18.9 Å². The van der Waals surface area contributed by atoms with Crippen LogP contribution in [0.3, 0.4) is 0 Å². The number of nitrogens with one attached hydrogen (secondary N) is 1. The van der Waals surface area contributed by atoms with Crippen molar-refractivity contribution in [1.82, 2.24) is 20.1 Å². The molecule has 0 aliphatic heterocycles. The van der Waals surface area contributed by atoms with Crippen LogP contribution in [0.1, 0.15) is 32.1 Å². The molecular weight excluding hydrogens is 192 g/mol. The van der Waals surface area contributed by atoms with Crippen LogP contribution in [0.5, 0.6) is 0 Å². The fraction of sp³-hybridized carbons (Fsp3) is 0.800. The summed E-state index contributed by atoms with van der Waals surface area (Å²) in [5.74, 6) is 0.958. The summed E-state index contributed by atoms with van der Waals surface area (Å²) < 4.78 is 6.97. The average molecular weight is 212 g/mol. The Bertz CT molecular complexity index is 287. The Kier molecular flexibility index (Phi) is 4.71. The van der Waals surface area contributed by atoms with E-state index in [2.05, 4.69) is 29.4 Å². The van der Waals surface area contributed by atoms with Crippen molar-refractivity contribution in [3.8, 4) is 0 Å². The second-order valence-electron chi connectivity index (χ2n) is 3.87. The molecule has 0 bridgehead atoms. The molecule has 0 fully saturated rings. The van der Waals surface area contributed by atoms with Gasteiger partial charge in [-0.3, -0.25) is 0 Å². The Labute approximate surface area is 90.8 Å². The van der Waals surface area contributed by atoms with Crippen molar-refractivity contribution >= 4 is 0 Å². The Morgan fingerprint density at radius 3 is 2.80 bits per heavy atom. The lowest BCUT2D eigenvalue weighted by atomic mass is 10.2. The average Bonchev–Trinajstić information content (AvgIpc) is 2.61. The van der Waals surface area contributed by atoms with Crippen LogP contribution < -0.4 is 5.32 Å². The highest BCUT2D eigenvalue weighted by Gasteiger charge is 2.13. The van der Waals surface area contributed by atoms with Gasteiger partial charge in [-0.2, -0.15) is 0 Å². The molecule has 86 valence electrons. The molecular formula is C10H20N4O. The molecule has 0 spiro atoms. The number of hydrogen-bond donors (Lipinski definition) is 1. The minimum atomic E-state index is 0.212. The van der Waals surface area contributed by atoms with Crippen molar-refractivity contribution in [1.29, 1.82) is 0 Å². The molecule has 0 saturated heterocycles.